The third-order valence-electron chi connectivity index (χ3n) is 3.29. The van der Waals surface area contributed by atoms with Gasteiger partial charge in [-0.05, 0) is 31.2 Å². The molecule has 0 aromatic heterocycles. The Morgan fingerprint density at radius 3 is 2.61 bits per heavy atom. The third-order valence-corrected chi connectivity index (χ3v) is 3.29. The summed E-state index contributed by atoms with van der Waals surface area (Å²) in [7, 11) is 0. The Morgan fingerprint density at radius 1 is 1.39 bits per heavy atom. The standard InChI is InChI=1S/C16H19NO/c1-3-10-17(12-15-8-9-15)16(18)11-14-6-4-13(2)5-7-14/h1,4-7,15H,8-12H2,2H3. The van der Waals surface area contributed by atoms with Crippen molar-refractivity contribution in [3.8, 4) is 12.3 Å². The lowest BCUT2D eigenvalue weighted by Gasteiger charge is -2.20. The molecule has 94 valence electrons. The van der Waals surface area contributed by atoms with E-state index in [9.17, 15) is 4.79 Å². The number of carbonyl (C=O) groups excluding carboxylic acids is 1. The van der Waals surface area contributed by atoms with Crippen LogP contribution in [0.3, 0.4) is 0 Å². The highest BCUT2D eigenvalue weighted by atomic mass is 16.2. The highest BCUT2D eigenvalue weighted by Gasteiger charge is 2.26. The highest BCUT2D eigenvalue weighted by molar-refractivity contribution is 5.79. The lowest BCUT2D eigenvalue weighted by Crippen LogP contribution is -2.34. The van der Waals surface area contributed by atoms with Crippen molar-refractivity contribution in [1.82, 2.24) is 4.90 Å². The van der Waals surface area contributed by atoms with Crippen LogP contribution in [0.5, 0.6) is 0 Å². The maximum absolute atomic E-state index is 12.2. The Labute approximate surface area is 109 Å². The number of aryl methyl sites for hydroxylation is 1. The summed E-state index contributed by atoms with van der Waals surface area (Å²) in [6, 6.07) is 8.10. The van der Waals surface area contributed by atoms with Crippen LogP contribution in [0.25, 0.3) is 0 Å². The maximum atomic E-state index is 12.2. The van der Waals surface area contributed by atoms with E-state index in [1.54, 1.807) is 0 Å². The van der Waals surface area contributed by atoms with Crippen molar-refractivity contribution in [2.45, 2.75) is 26.2 Å². The minimum atomic E-state index is 0.142. The molecule has 0 atom stereocenters. The van der Waals surface area contributed by atoms with Crippen molar-refractivity contribution in [3.63, 3.8) is 0 Å². The molecule has 1 amide bonds. The SMILES string of the molecule is C#CCN(CC1CC1)C(=O)Cc1ccc(C)cc1. The summed E-state index contributed by atoms with van der Waals surface area (Å²) < 4.78 is 0. The Kier molecular flexibility index (Phi) is 4.04. The molecule has 1 aliphatic carbocycles. The van der Waals surface area contributed by atoms with Gasteiger partial charge < -0.3 is 4.90 Å². The number of hydrogen-bond acceptors (Lipinski definition) is 1. The first-order valence-corrected chi connectivity index (χ1v) is 6.46. The fourth-order valence-corrected chi connectivity index (χ4v) is 1.97. The van der Waals surface area contributed by atoms with Crippen molar-refractivity contribution < 1.29 is 4.79 Å². The first-order chi connectivity index (χ1) is 8.69. The van der Waals surface area contributed by atoms with Crippen LogP contribution in [0.4, 0.5) is 0 Å². The normalized spacial score (nSPS) is 14.0. The third kappa shape index (κ3) is 3.63. The lowest BCUT2D eigenvalue weighted by atomic mass is 10.1. The number of benzene rings is 1. The average molecular weight is 241 g/mol. The zero-order valence-corrected chi connectivity index (χ0v) is 10.9. The zero-order chi connectivity index (χ0) is 13.0. The van der Waals surface area contributed by atoms with E-state index in [-0.39, 0.29) is 5.91 Å². The number of nitrogens with zero attached hydrogens (tertiary/aromatic N) is 1. The molecule has 0 aliphatic heterocycles. The second-order valence-corrected chi connectivity index (χ2v) is 5.08. The van der Waals surface area contributed by atoms with Crippen LogP contribution in [0.1, 0.15) is 24.0 Å². The van der Waals surface area contributed by atoms with Crippen molar-refractivity contribution >= 4 is 5.91 Å². The summed E-state index contributed by atoms with van der Waals surface area (Å²) >= 11 is 0. The van der Waals surface area contributed by atoms with Gasteiger partial charge in [-0.25, -0.2) is 0 Å². The van der Waals surface area contributed by atoms with Gasteiger partial charge in [0.15, 0.2) is 0 Å². The van der Waals surface area contributed by atoms with Crippen LogP contribution >= 0.6 is 0 Å². The number of amides is 1. The predicted octanol–water partition coefficient (Wildman–Crippen LogP) is 2.41. The van der Waals surface area contributed by atoms with E-state index < -0.39 is 0 Å². The minimum absolute atomic E-state index is 0.142. The topological polar surface area (TPSA) is 20.3 Å². The van der Waals surface area contributed by atoms with Gasteiger partial charge in [-0.3, -0.25) is 4.79 Å². The Hall–Kier alpha value is -1.75. The van der Waals surface area contributed by atoms with E-state index in [1.807, 2.05) is 36.1 Å². The molecule has 0 N–H and O–H groups in total. The van der Waals surface area contributed by atoms with E-state index in [2.05, 4.69) is 5.92 Å². The van der Waals surface area contributed by atoms with Gasteiger partial charge >= 0.3 is 0 Å². The summed E-state index contributed by atoms with van der Waals surface area (Å²) in [5.74, 6) is 3.40. The van der Waals surface area contributed by atoms with Crippen LogP contribution in [0, 0.1) is 25.2 Å². The van der Waals surface area contributed by atoms with Gasteiger partial charge in [0.2, 0.25) is 5.91 Å². The van der Waals surface area contributed by atoms with Crippen LogP contribution in [-0.4, -0.2) is 23.9 Å². The van der Waals surface area contributed by atoms with Gasteiger partial charge in [-0.1, -0.05) is 35.7 Å². The summed E-state index contributed by atoms with van der Waals surface area (Å²) in [4.78, 5) is 14.0. The molecular formula is C16H19NO. The van der Waals surface area contributed by atoms with E-state index in [4.69, 9.17) is 6.42 Å². The lowest BCUT2D eigenvalue weighted by molar-refractivity contribution is -0.130. The van der Waals surface area contributed by atoms with Gasteiger partial charge in [-0.2, -0.15) is 0 Å². The molecule has 0 radical (unpaired) electrons. The Bertz CT molecular complexity index is 451. The quantitative estimate of drug-likeness (QED) is 0.725. The zero-order valence-electron chi connectivity index (χ0n) is 10.9. The first kappa shape index (κ1) is 12.7. The molecule has 1 fully saturated rings. The van der Waals surface area contributed by atoms with Crippen LogP contribution in [0.15, 0.2) is 24.3 Å². The van der Waals surface area contributed by atoms with Gasteiger partial charge in [0.1, 0.15) is 0 Å². The fraction of sp³-hybridized carbons (Fsp3) is 0.438. The first-order valence-electron chi connectivity index (χ1n) is 6.46. The monoisotopic (exact) mass is 241 g/mol. The number of rotatable bonds is 5. The summed E-state index contributed by atoms with van der Waals surface area (Å²) in [5.41, 5.74) is 2.27. The van der Waals surface area contributed by atoms with E-state index >= 15 is 0 Å². The largest absolute Gasteiger partial charge is 0.331 e. The fourth-order valence-electron chi connectivity index (χ4n) is 1.97. The van der Waals surface area contributed by atoms with Crippen molar-refractivity contribution in [1.29, 1.82) is 0 Å². The summed E-state index contributed by atoms with van der Waals surface area (Å²) in [6.45, 7) is 3.30. The predicted molar refractivity (Wildman–Crippen MR) is 73.0 cm³/mol. The van der Waals surface area contributed by atoms with Gasteiger partial charge in [0.05, 0.1) is 13.0 Å². The van der Waals surface area contributed by atoms with Crippen molar-refractivity contribution in [3.05, 3.63) is 35.4 Å². The molecule has 0 saturated heterocycles. The Balaban J connectivity index is 1.95. The van der Waals surface area contributed by atoms with Gasteiger partial charge in [0.25, 0.3) is 0 Å². The Morgan fingerprint density at radius 2 is 2.06 bits per heavy atom. The highest BCUT2D eigenvalue weighted by Crippen LogP contribution is 2.29. The summed E-state index contributed by atoms with van der Waals surface area (Å²) in [6.07, 6.45) is 8.26. The van der Waals surface area contributed by atoms with Crippen molar-refractivity contribution in [2.24, 2.45) is 5.92 Å². The molecule has 2 heteroatoms. The molecule has 18 heavy (non-hydrogen) atoms. The summed E-state index contributed by atoms with van der Waals surface area (Å²) in [5, 5.41) is 0. The van der Waals surface area contributed by atoms with Crippen LogP contribution < -0.4 is 0 Å². The van der Waals surface area contributed by atoms with E-state index in [0.29, 0.717) is 18.9 Å². The van der Waals surface area contributed by atoms with Crippen molar-refractivity contribution in [2.75, 3.05) is 13.1 Å². The van der Waals surface area contributed by atoms with E-state index in [1.165, 1.54) is 18.4 Å². The van der Waals surface area contributed by atoms with Crippen LogP contribution in [0.2, 0.25) is 0 Å². The smallest absolute Gasteiger partial charge is 0.227 e. The molecule has 0 spiro atoms. The molecule has 1 aromatic carbocycles. The molecule has 0 unspecified atom stereocenters. The minimum Gasteiger partial charge on any atom is -0.331 e. The molecule has 1 aromatic rings. The maximum Gasteiger partial charge on any atom is 0.227 e. The molecule has 1 saturated carbocycles. The average Bonchev–Trinajstić information content (AvgIpc) is 3.15. The van der Waals surface area contributed by atoms with Crippen LogP contribution in [-0.2, 0) is 11.2 Å². The number of terminal acetylenes is 1. The second kappa shape index (κ2) is 5.73. The molecule has 1 aliphatic rings. The number of hydrogen-bond donors (Lipinski definition) is 0. The molecular weight excluding hydrogens is 222 g/mol. The second-order valence-electron chi connectivity index (χ2n) is 5.08. The van der Waals surface area contributed by atoms with E-state index in [0.717, 1.165) is 12.1 Å². The molecule has 2 nitrogen and oxygen atoms in total. The van der Waals surface area contributed by atoms with Gasteiger partial charge in [-0.15, -0.1) is 6.42 Å². The molecule has 0 heterocycles. The van der Waals surface area contributed by atoms with Gasteiger partial charge in [0, 0.05) is 6.54 Å². The molecule has 0 bridgehead atoms. The number of carbonyl (C=O) groups is 1. The molecule has 2 rings (SSSR count).